The number of rotatable bonds is 5. The highest BCUT2D eigenvalue weighted by Gasteiger charge is 2.22. The Morgan fingerprint density at radius 2 is 1.65 bits per heavy atom. The molecular weight excluding hydrogens is 352 g/mol. The maximum absolute atomic E-state index is 12.5. The summed E-state index contributed by atoms with van der Waals surface area (Å²) in [6.07, 6.45) is 0. The quantitative estimate of drug-likeness (QED) is 0.831. The van der Waals surface area contributed by atoms with Crippen LogP contribution in [0.25, 0.3) is 0 Å². The van der Waals surface area contributed by atoms with Crippen molar-refractivity contribution in [2.75, 3.05) is 17.1 Å². The van der Waals surface area contributed by atoms with Gasteiger partial charge in [-0.1, -0.05) is 38.5 Å². The van der Waals surface area contributed by atoms with E-state index in [4.69, 9.17) is 4.74 Å². The largest absolute Gasteiger partial charge is 0.494 e. The molecule has 0 aliphatic heterocycles. The molecule has 2 aromatic rings. The number of hydrogen-bond donors (Lipinski definition) is 2. The first-order valence-corrected chi connectivity index (χ1v) is 9.60. The Labute approximate surface area is 154 Å². The predicted octanol–water partition coefficient (Wildman–Crippen LogP) is 3.79. The van der Waals surface area contributed by atoms with Crippen molar-refractivity contribution < 1.29 is 17.9 Å². The zero-order valence-electron chi connectivity index (χ0n) is 15.6. The molecule has 0 aromatic heterocycles. The first kappa shape index (κ1) is 19.8. The van der Waals surface area contributed by atoms with Crippen LogP contribution in [0.5, 0.6) is 5.75 Å². The number of anilines is 2. The van der Waals surface area contributed by atoms with E-state index >= 15 is 0 Å². The van der Waals surface area contributed by atoms with Crippen LogP contribution < -0.4 is 14.8 Å². The fourth-order valence-corrected chi connectivity index (χ4v) is 3.15. The molecule has 0 saturated carbocycles. The highest BCUT2D eigenvalue weighted by atomic mass is 32.2. The minimum Gasteiger partial charge on any atom is -0.494 e. The minimum absolute atomic E-state index is 0.163. The summed E-state index contributed by atoms with van der Waals surface area (Å²) in [5.74, 6) is 0.204. The maximum Gasteiger partial charge on any atom is 0.261 e. The van der Waals surface area contributed by atoms with Crippen molar-refractivity contribution in [2.24, 2.45) is 5.41 Å². The highest BCUT2D eigenvalue weighted by Crippen LogP contribution is 2.30. The van der Waals surface area contributed by atoms with Gasteiger partial charge in [-0.3, -0.25) is 9.52 Å². The van der Waals surface area contributed by atoms with Crippen LogP contribution in [0.2, 0.25) is 0 Å². The molecule has 0 saturated heterocycles. The van der Waals surface area contributed by atoms with E-state index in [-0.39, 0.29) is 10.8 Å². The van der Waals surface area contributed by atoms with E-state index in [0.29, 0.717) is 17.1 Å². The van der Waals surface area contributed by atoms with E-state index < -0.39 is 15.4 Å². The van der Waals surface area contributed by atoms with Crippen molar-refractivity contribution in [3.63, 3.8) is 0 Å². The Kier molecular flexibility index (Phi) is 5.61. The Morgan fingerprint density at radius 3 is 2.19 bits per heavy atom. The molecule has 0 unspecified atom stereocenters. The van der Waals surface area contributed by atoms with E-state index in [2.05, 4.69) is 10.0 Å². The Hall–Kier alpha value is -2.54. The Bertz CT molecular complexity index is 898. The van der Waals surface area contributed by atoms with Crippen molar-refractivity contribution in [3.8, 4) is 5.75 Å². The van der Waals surface area contributed by atoms with Gasteiger partial charge in [0.1, 0.15) is 5.75 Å². The molecule has 1 amide bonds. The van der Waals surface area contributed by atoms with Crippen LogP contribution in [0.4, 0.5) is 11.4 Å². The lowest BCUT2D eigenvalue weighted by atomic mass is 9.95. The summed E-state index contributed by atoms with van der Waals surface area (Å²) in [6, 6.07) is 11.3. The van der Waals surface area contributed by atoms with E-state index in [1.165, 1.54) is 13.2 Å². The third-order valence-corrected chi connectivity index (χ3v) is 5.11. The van der Waals surface area contributed by atoms with Gasteiger partial charge in [0.05, 0.1) is 23.4 Å². The fraction of sp³-hybridized carbons (Fsp3) is 0.316. The number of methoxy groups -OCH3 is 1. The van der Waals surface area contributed by atoms with Gasteiger partial charge in [-0.15, -0.1) is 0 Å². The lowest BCUT2D eigenvalue weighted by Crippen LogP contribution is -2.27. The Morgan fingerprint density at radius 1 is 1.04 bits per heavy atom. The molecule has 0 bridgehead atoms. The topological polar surface area (TPSA) is 84.5 Å². The summed E-state index contributed by atoms with van der Waals surface area (Å²) in [5.41, 5.74) is 1.24. The molecule has 140 valence electrons. The molecule has 2 rings (SSSR count). The second-order valence-electron chi connectivity index (χ2n) is 7.04. The molecule has 0 atom stereocenters. The molecule has 2 aromatic carbocycles. The standard InChI is InChI=1S/C19H24N2O4S/c1-13-6-9-15(10-7-13)26(23,24)21-14-8-11-16(17(12-14)25-5)20-18(22)19(2,3)4/h6-12,21H,1-5H3,(H,20,22). The van der Waals surface area contributed by atoms with Crippen molar-refractivity contribution in [1.82, 2.24) is 0 Å². The average Bonchev–Trinajstić information content (AvgIpc) is 2.55. The number of carbonyl (C=O) groups excluding carboxylic acids is 1. The molecule has 6 nitrogen and oxygen atoms in total. The number of aryl methyl sites for hydroxylation is 1. The van der Waals surface area contributed by atoms with Gasteiger partial charge >= 0.3 is 0 Å². The van der Waals surface area contributed by atoms with Crippen molar-refractivity contribution in [2.45, 2.75) is 32.6 Å². The molecule has 26 heavy (non-hydrogen) atoms. The van der Waals surface area contributed by atoms with Crippen LogP contribution in [0, 0.1) is 12.3 Å². The Balaban J connectivity index is 2.26. The lowest BCUT2D eigenvalue weighted by Gasteiger charge is -2.19. The SMILES string of the molecule is COc1cc(NS(=O)(=O)c2ccc(C)cc2)ccc1NC(=O)C(C)(C)C. The molecule has 0 radical (unpaired) electrons. The molecule has 0 fully saturated rings. The van der Waals surface area contributed by atoms with E-state index in [9.17, 15) is 13.2 Å². The molecule has 0 heterocycles. The minimum atomic E-state index is -3.71. The molecule has 7 heteroatoms. The van der Waals surface area contributed by atoms with Crippen molar-refractivity contribution in [3.05, 3.63) is 48.0 Å². The van der Waals surface area contributed by atoms with Crippen molar-refractivity contribution >= 4 is 27.3 Å². The third-order valence-electron chi connectivity index (χ3n) is 3.71. The number of ether oxygens (including phenoxy) is 1. The molecular formula is C19H24N2O4S. The zero-order valence-corrected chi connectivity index (χ0v) is 16.4. The molecule has 2 N–H and O–H groups in total. The van der Waals surface area contributed by atoms with Gasteiger partial charge in [0.2, 0.25) is 5.91 Å². The summed E-state index contributed by atoms with van der Waals surface area (Å²) in [5, 5.41) is 2.79. The summed E-state index contributed by atoms with van der Waals surface area (Å²) in [7, 11) is -2.25. The number of hydrogen-bond acceptors (Lipinski definition) is 4. The monoisotopic (exact) mass is 376 g/mol. The molecule has 0 aliphatic rings. The zero-order chi connectivity index (χ0) is 19.5. The van der Waals surface area contributed by atoms with Gasteiger partial charge in [-0.05, 0) is 31.2 Å². The van der Waals surface area contributed by atoms with Crippen LogP contribution in [0.1, 0.15) is 26.3 Å². The third kappa shape index (κ3) is 4.76. The van der Waals surface area contributed by atoms with Gasteiger partial charge in [-0.2, -0.15) is 0 Å². The lowest BCUT2D eigenvalue weighted by molar-refractivity contribution is -0.123. The predicted molar refractivity (Wildman–Crippen MR) is 103 cm³/mol. The van der Waals surface area contributed by atoms with Gasteiger partial charge in [0.15, 0.2) is 0 Å². The number of benzene rings is 2. The number of amides is 1. The fourth-order valence-electron chi connectivity index (χ4n) is 2.10. The smallest absolute Gasteiger partial charge is 0.261 e. The first-order valence-electron chi connectivity index (χ1n) is 8.12. The van der Waals surface area contributed by atoms with Gasteiger partial charge < -0.3 is 10.1 Å². The van der Waals surface area contributed by atoms with Gasteiger partial charge in [-0.25, -0.2) is 8.42 Å². The summed E-state index contributed by atoms with van der Waals surface area (Å²) >= 11 is 0. The van der Waals surface area contributed by atoms with E-state index in [0.717, 1.165) is 5.56 Å². The van der Waals surface area contributed by atoms with Crippen LogP contribution in [0.15, 0.2) is 47.4 Å². The summed E-state index contributed by atoms with van der Waals surface area (Å²) in [6.45, 7) is 7.30. The summed E-state index contributed by atoms with van der Waals surface area (Å²) < 4.78 is 32.8. The highest BCUT2D eigenvalue weighted by molar-refractivity contribution is 7.92. The van der Waals surface area contributed by atoms with Crippen LogP contribution >= 0.6 is 0 Å². The van der Waals surface area contributed by atoms with E-state index in [1.54, 1.807) is 57.2 Å². The van der Waals surface area contributed by atoms with Crippen LogP contribution in [-0.2, 0) is 14.8 Å². The van der Waals surface area contributed by atoms with Crippen LogP contribution in [-0.4, -0.2) is 21.4 Å². The van der Waals surface area contributed by atoms with Gasteiger partial charge in [0.25, 0.3) is 10.0 Å². The summed E-state index contributed by atoms with van der Waals surface area (Å²) in [4.78, 5) is 12.3. The van der Waals surface area contributed by atoms with E-state index in [1.807, 2.05) is 6.92 Å². The first-order chi connectivity index (χ1) is 12.0. The molecule has 0 aliphatic carbocycles. The second-order valence-corrected chi connectivity index (χ2v) is 8.72. The number of carbonyl (C=O) groups is 1. The average molecular weight is 376 g/mol. The van der Waals surface area contributed by atoms with Crippen LogP contribution in [0.3, 0.4) is 0 Å². The number of nitrogens with one attached hydrogen (secondary N) is 2. The normalized spacial score (nSPS) is 11.7. The molecule has 0 spiro atoms. The van der Waals surface area contributed by atoms with Crippen molar-refractivity contribution in [1.29, 1.82) is 0 Å². The second kappa shape index (κ2) is 7.37. The number of sulfonamides is 1. The maximum atomic E-state index is 12.5. The van der Waals surface area contributed by atoms with Gasteiger partial charge in [0, 0.05) is 11.5 Å².